The number of halogens is 5. The second kappa shape index (κ2) is 9.01. The van der Waals surface area contributed by atoms with Crippen molar-refractivity contribution >= 4 is 34.9 Å². The zero-order chi connectivity index (χ0) is 24.8. The van der Waals surface area contributed by atoms with Gasteiger partial charge in [0.05, 0.1) is 17.1 Å². The predicted molar refractivity (Wildman–Crippen MR) is 120 cm³/mol. The number of alkyl halides is 3. The largest absolute Gasteiger partial charge is 0.425 e. The minimum Gasteiger partial charge on any atom is -0.425 e. The van der Waals surface area contributed by atoms with Crippen LogP contribution in [0.1, 0.15) is 28.5 Å². The van der Waals surface area contributed by atoms with Crippen LogP contribution in [0.25, 0.3) is 0 Å². The summed E-state index contributed by atoms with van der Waals surface area (Å²) in [5.41, 5.74) is -0.191. The van der Waals surface area contributed by atoms with E-state index in [0.29, 0.717) is 5.02 Å². The Hall–Kier alpha value is -2.95. The molecule has 0 saturated carbocycles. The van der Waals surface area contributed by atoms with E-state index in [2.05, 4.69) is 4.98 Å². The molecule has 0 bridgehead atoms. The van der Waals surface area contributed by atoms with Crippen LogP contribution in [0.4, 0.5) is 19.0 Å². The van der Waals surface area contributed by atoms with Crippen LogP contribution in [0.2, 0.25) is 10.0 Å². The van der Waals surface area contributed by atoms with Crippen molar-refractivity contribution in [3.05, 3.63) is 69.3 Å². The van der Waals surface area contributed by atoms with Crippen LogP contribution in [-0.4, -0.2) is 45.4 Å². The topological polar surface area (TPSA) is 70.8 Å². The van der Waals surface area contributed by atoms with Gasteiger partial charge in [0.15, 0.2) is 11.5 Å². The first kappa shape index (κ1) is 24.2. The molecular weight excluding hydrogens is 496 g/mol. The Morgan fingerprint density at radius 3 is 2.44 bits per heavy atom. The summed E-state index contributed by atoms with van der Waals surface area (Å²) >= 11 is 11.7. The van der Waals surface area contributed by atoms with Crippen molar-refractivity contribution in [3.63, 3.8) is 0 Å². The lowest BCUT2D eigenvalue weighted by atomic mass is 10.2. The molecule has 7 nitrogen and oxygen atoms in total. The molecule has 0 aliphatic carbocycles. The third-order valence-corrected chi connectivity index (χ3v) is 5.97. The molecule has 3 aromatic rings. The number of aliphatic hydroxyl groups is 1. The number of rotatable bonds is 5. The van der Waals surface area contributed by atoms with E-state index in [1.807, 2.05) is 0 Å². The van der Waals surface area contributed by atoms with Gasteiger partial charge in [-0.05, 0) is 42.8 Å². The normalized spacial score (nSPS) is 16.1. The number of carbonyl (C=O) groups excluding carboxylic acids is 1. The zero-order valence-electron chi connectivity index (χ0n) is 18.0. The molecule has 1 atom stereocenters. The Kier molecular flexibility index (Phi) is 6.41. The first-order valence-electron chi connectivity index (χ1n) is 10.1. The van der Waals surface area contributed by atoms with Crippen molar-refractivity contribution in [1.29, 1.82) is 0 Å². The lowest BCUT2D eigenvalue weighted by Crippen LogP contribution is -2.54. The molecule has 0 radical (unpaired) electrons. The fourth-order valence-corrected chi connectivity index (χ4v) is 3.98. The second-order valence-corrected chi connectivity index (χ2v) is 8.41. The number of nitrogens with zero attached hydrogens (tertiary/aromatic N) is 4. The lowest BCUT2D eigenvalue weighted by molar-refractivity contribution is -0.137. The molecule has 4 rings (SSSR count). The second-order valence-electron chi connectivity index (χ2n) is 7.57. The molecule has 0 fully saturated rings. The summed E-state index contributed by atoms with van der Waals surface area (Å²) in [6.07, 6.45) is -5.94. The molecule has 0 spiro atoms. The summed E-state index contributed by atoms with van der Waals surface area (Å²) < 4.78 is 47.2. The number of hydrogen-bond donors (Lipinski definition) is 1. The van der Waals surface area contributed by atoms with Crippen LogP contribution in [0.5, 0.6) is 11.8 Å². The molecule has 2 aromatic carbocycles. The van der Waals surface area contributed by atoms with E-state index in [-0.39, 0.29) is 36.4 Å². The summed E-state index contributed by atoms with van der Waals surface area (Å²) in [7, 11) is 1.55. The Labute approximate surface area is 202 Å². The SMILES string of the molecule is CCN1C(=O)c2c(nc(Oc3ccc(Cl)c(C(F)(F)F)c3)n2Cc2ccc(Cl)cc2)N(C)C1O. The van der Waals surface area contributed by atoms with Crippen LogP contribution in [0.3, 0.4) is 0 Å². The van der Waals surface area contributed by atoms with Gasteiger partial charge in [-0.3, -0.25) is 14.3 Å². The molecule has 34 heavy (non-hydrogen) atoms. The van der Waals surface area contributed by atoms with E-state index in [1.165, 1.54) is 20.4 Å². The number of aromatic nitrogens is 2. The number of imidazole rings is 1. The summed E-state index contributed by atoms with van der Waals surface area (Å²) in [4.78, 5) is 20.2. The highest BCUT2D eigenvalue weighted by molar-refractivity contribution is 6.31. The summed E-state index contributed by atoms with van der Waals surface area (Å²) in [6, 6.07) is 9.82. The first-order valence-corrected chi connectivity index (χ1v) is 10.9. The van der Waals surface area contributed by atoms with Gasteiger partial charge in [-0.15, -0.1) is 0 Å². The van der Waals surface area contributed by atoms with Crippen LogP contribution >= 0.6 is 23.2 Å². The minimum absolute atomic E-state index is 0.113. The monoisotopic (exact) mass is 514 g/mol. The van der Waals surface area contributed by atoms with Gasteiger partial charge >= 0.3 is 12.2 Å². The van der Waals surface area contributed by atoms with Crippen molar-refractivity contribution in [2.45, 2.75) is 26.0 Å². The maximum atomic E-state index is 13.3. The number of hydrogen-bond acceptors (Lipinski definition) is 5. The Morgan fingerprint density at radius 1 is 1.15 bits per heavy atom. The van der Waals surface area contributed by atoms with Crippen LogP contribution in [-0.2, 0) is 12.7 Å². The fourth-order valence-electron chi connectivity index (χ4n) is 3.63. The van der Waals surface area contributed by atoms with E-state index < -0.39 is 29.0 Å². The molecule has 1 unspecified atom stereocenters. The van der Waals surface area contributed by atoms with Gasteiger partial charge in [-0.2, -0.15) is 18.2 Å². The predicted octanol–water partition coefficient (Wildman–Crippen LogP) is 5.24. The van der Waals surface area contributed by atoms with E-state index >= 15 is 0 Å². The third-order valence-electron chi connectivity index (χ3n) is 5.38. The van der Waals surface area contributed by atoms with Crippen molar-refractivity contribution in [2.24, 2.45) is 0 Å². The van der Waals surface area contributed by atoms with E-state index in [0.717, 1.165) is 17.7 Å². The van der Waals surface area contributed by atoms with Gasteiger partial charge in [0.2, 0.25) is 6.35 Å². The Balaban J connectivity index is 1.83. The summed E-state index contributed by atoms with van der Waals surface area (Å²) in [6.45, 7) is 2.05. The molecule has 1 aliphatic rings. The number of benzene rings is 2. The van der Waals surface area contributed by atoms with E-state index in [9.17, 15) is 23.1 Å². The van der Waals surface area contributed by atoms with E-state index in [4.69, 9.17) is 27.9 Å². The summed E-state index contributed by atoms with van der Waals surface area (Å²) in [5, 5.41) is 10.6. The van der Waals surface area contributed by atoms with Crippen LogP contribution < -0.4 is 9.64 Å². The number of amides is 1. The number of fused-ring (bicyclic) bond motifs is 1. The maximum Gasteiger partial charge on any atom is 0.417 e. The quantitative estimate of drug-likeness (QED) is 0.504. The van der Waals surface area contributed by atoms with Gasteiger partial charge < -0.3 is 14.7 Å². The first-order chi connectivity index (χ1) is 16.0. The lowest BCUT2D eigenvalue weighted by Gasteiger charge is -2.37. The van der Waals surface area contributed by atoms with Crippen molar-refractivity contribution < 1.29 is 27.8 Å². The molecule has 1 aromatic heterocycles. The van der Waals surface area contributed by atoms with Crippen LogP contribution in [0, 0.1) is 0 Å². The zero-order valence-corrected chi connectivity index (χ0v) is 19.5. The van der Waals surface area contributed by atoms with Crippen molar-refractivity contribution in [3.8, 4) is 11.8 Å². The third kappa shape index (κ3) is 4.40. The molecule has 180 valence electrons. The number of carbonyl (C=O) groups is 1. The molecule has 1 amide bonds. The minimum atomic E-state index is -4.68. The molecule has 0 saturated heterocycles. The summed E-state index contributed by atoms with van der Waals surface area (Å²) in [5.74, 6) is -0.526. The average Bonchev–Trinajstić information content (AvgIpc) is 3.13. The highest BCUT2D eigenvalue weighted by Gasteiger charge is 2.40. The molecule has 1 N–H and O–H groups in total. The van der Waals surface area contributed by atoms with Gasteiger partial charge in [0, 0.05) is 18.6 Å². The number of aliphatic hydroxyl groups excluding tert-OH is 1. The fraction of sp³-hybridized carbons (Fsp3) is 0.273. The van der Waals surface area contributed by atoms with Gasteiger partial charge in [-0.1, -0.05) is 35.3 Å². The Morgan fingerprint density at radius 2 is 1.82 bits per heavy atom. The van der Waals surface area contributed by atoms with Gasteiger partial charge in [-0.25, -0.2) is 0 Å². The molecular formula is C22H19Cl2F3N4O3. The maximum absolute atomic E-state index is 13.3. The number of anilines is 1. The molecule has 1 aliphatic heterocycles. The van der Waals surface area contributed by atoms with Gasteiger partial charge in [0.1, 0.15) is 5.75 Å². The standard InChI is InChI=1S/C22H19Cl2F3N4O3/c1-3-30-19(32)17-18(29(2)21(30)33)28-20(31(17)11-12-4-6-13(23)7-5-12)34-14-8-9-16(24)15(10-14)22(25,26)27/h4-10,21,33H,3,11H2,1-2H3. The molecule has 2 heterocycles. The van der Waals surface area contributed by atoms with Crippen molar-refractivity contribution in [2.75, 3.05) is 18.5 Å². The van der Waals surface area contributed by atoms with Gasteiger partial charge in [0.25, 0.3) is 5.91 Å². The Bertz CT molecular complexity index is 1230. The highest BCUT2D eigenvalue weighted by Crippen LogP contribution is 2.39. The average molecular weight is 515 g/mol. The number of ether oxygens (including phenoxy) is 1. The van der Waals surface area contributed by atoms with E-state index in [1.54, 1.807) is 38.2 Å². The van der Waals surface area contributed by atoms with Crippen molar-refractivity contribution in [1.82, 2.24) is 14.5 Å². The smallest absolute Gasteiger partial charge is 0.417 e. The molecule has 12 heteroatoms. The highest BCUT2D eigenvalue weighted by atomic mass is 35.5. The van der Waals surface area contributed by atoms with Crippen LogP contribution in [0.15, 0.2) is 42.5 Å².